The lowest BCUT2D eigenvalue weighted by atomic mass is 9.49. The number of aromatic nitrogens is 4. The predicted molar refractivity (Wildman–Crippen MR) is 206 cm³/mol. The van der Waals surface area contributed by atoms with Crippen molar-refractivity contribution in [2.24, 2.45) is 63.9 Å². The predicted octanol–water partition coefficient (Wildman–Crippen LogP) is 6.52. The van der Waals surface area contributed by atoms with Crippen LogP contribution in [0.1, 0.15) is 150 Å². The van der Waals surface area contributed by atoms with Crippen LogP contribution in [0.2, 0.25) is 0 Å². The molecule has 2 aromatic heterocycles. The Hall–Kier alpha value is -3.34. The van der Waals surface area contributed by atoms with E-state index in [0.717, 1.165) is 66.0 Å². The van der Waals surface area contributed by atoms with Gasteiger partial charge in [-0.3, -0.25) is 4.79 Å². The van der Waals surface area contributed by atoms with Gasteiger partial charge in [0.25, 0.3) is 5.91 Å². The Morgan fingerprint density at radius 1 is 0.717 bits per heavy atom. The maximum Gasteiger partial charge on any atom is 0.354 e. The summed E-state index contributed by atoms with van der Waals surface area (Å²) in [6.07, 6.45) is 21.4. The summed E-state index contributed by atoms with van der Waals surface area (Å²) in [5.41, 5.74) is 7.33. The molecule has 2 heterocycles. The summed E-state index contributed by atoms with van der Waals surface area (Å²) in [6, 6.07) is 3.12. The molecule has 0 unspecified atom stereocenters. The number of aromatic carboxylic acids is 1. The van der Waals surface area contributed by atoms with Crippen molar-refractivity contribution < 1.29 is 14.7 Å². The number of nitrogens with one attached hydrogen (secondary N) is 3. The van der Waals surface area contributed by atoms with Crippen molar-refractivity contribution in [2.45, 2.75) is 130 Å². The molecule has 11 heteroatoms. The zero-order chi connectivity index (χ0) is 37.9. The van der Waals surface area contributed by atoms with E-state index < -0.39 is 17.3 Å². The number of H-pyrrole nitrogens is 2. The Labute approximate surface area is 314 Å². The lowest BCUT2D eigenvalue weighted by molar-refractivity contribution is -0.0565. The van der Waals surface area contributed by atoms with Gasteiger partial charge in [-0.1, -0.05) is 27.7 Å². The van der Waals surface area contributed by atoms with Crippen LogP contribution in [0.25, 0.3) is 0 Å². The first-order valence-electron chi connectivity index (χ1n) is 20.6. The molecule has 2 aromatic rings. The summed E-state index contributed by atoms with van der Waals surface area (Å²) in [5.74, 6) is 5.47. The Bertz CT molecular complexity index is 1640. The minimum atomic E-state index is -1.18. The number of nitrogens with two attached hydrogens (primary N) is 1. The second-order valence-electron chi connectivity index (χ2n) is 19.1. The molecule has 292 valence electrons. The van der Waals surface area contributed by atoms with Gasteiger partial charge in [0.15, 0.2) is 5.69 Å². The van der Waals surface area contributed by atoms with Crippen LogP contribution >= 0.6 is 0 Å². The van der Waals surface area contributed by atoms with Crippen molar-refractivity contribution in [3.63, 3.8) is 0 Å². The first-order valence-corrected chi connectivity index (χ1v) is 20.6. The standard InChI is InChI=1S/C21H31N3O2.C12H21N.C9H12N2O3/c1-13(2)5-17-9-18(24-20(26)23-17)19(25)22-4-3-21-10-14-6-15(11-21)8-16(7-14)12-21;13-2-1-12-6-9-3-10(7-12)5-11(4-9)8-12;1-5(2)3-6-4-7(8(12)13)11-9(14)10-6/h9,13-16H,3-8,10-12H2,1-2H3,(H,22,25)(H,23,24,26);9-11H,1-8,13H2;4-5H,3H2,1-2H3,(H,12,13)(H,10,11,14). The molecule has 53 heavy (non-hydrogen) atoms. The van der Waals surface area contributed by atoms with Crippen LogP contribution in [0.15, 0.2) is 21.7 Å². The van der Waals surface area contributed by atoms with Crippen molar-refractivity contribution in [1.82, 2.24) is 25.3 Å². The molecule has 0 aliphatic heterocycles. The van der Waals surface area contributed by atoms with Crippen molar-refractivity contribution in [2.75, 3.05) is 13.1 Å². The molecular weight excluding hydrogens is 668 g/mol. The summed E-state index contributed by atoms with van der Waals surface area (Å²) in [6.45, 7) is 9.76. The fourth-order valence-electron chi connectivity index (χ4n) is 12.4. The molecule has 0 spiro atoms. The number of rotatable bonds is 11. The third kappa shape index (κ3) is 10.3. The van der Waals surface area contributed by atoms with E-state index in [9.17, 15) is 19.2 Å². The van der Waals surface area contributed by atoms with Crippen LogP contribution < -0.4 is 22.4 Å². The van der Waals surface area contributed by atoms with E-state index in [4.69, 9.17) is 10.8 Å². The van der Waals surface area contributed by atoms with Crippen LogP contribution in [-0.2, 0) is 12.8 Å². The Kier molecular flexibility index (Phi) is 12.3. The second-order valence-corrected chi connectivity index (χ2v) is 19.1. The van der Waals surface area contributed by atoms with Gasteiger partial charge in [0.1, 0.15) is 5.69 Å². The molecule has 11 nitrogen and oxygen atoms in total. The molecule has 0 aromatic carbocycles. The number of amides is 1. The molecule has 0 saturated heterocycles. The summed E-state index contributed by atoms with van der Waals surface area (Å²) in [4.78, 5) is 58.2. The summed E-state index contributed by atoms with van der Waals surface area (Å²) in [5, 5.41) is 11.7. The molecule has 0 radical (unpaired) electrons. The molecule has 6 N–H and O–H groups in total. The van der Waals surface area contributed by atoms with E-state index >= 15 is 0 Å². The van der Waals surface area contributed by atoms with E-state index in [0.29, 0.717) is 35.9 Å². The number of carbonyl (C=O) groups is 2. The van der Waals surface area contributed by atoms with Gasteiger partial charge in [0.2, 0.25) is 0 Å². The third-order valence-corrected chi connectivity index (χ3v) is 13.3. The van der Waals surface area contributed by atoms with Gasteiger partial charge in [0.05, 0.1) is 0 Å². The van der Waals surface area contributed by atoms with Gasteiger partial charge < -0.3 is 26.1 Å². The van der Waals surface area contributed by atoms with Crippen molar-refractivity contribution in [3.05, 3.63) is 55.9 Å². The zero-order valence-corrected chi connectivity index (χ0v) is 32.6. The molecule has 8 bridgehead atoms. The molecule has 8 saturated carbocycles. The maximum absolute atomic E-state index is 12.5. The average molecular weight is 733 g/mol. The fraction of sp³-hybridized carbons (Fsp3) is 0.762. The minimum absolute atomic E-state index is 0.204. The van der Waals surface area contributed by atoms with Gasteiger partial charge in [-0.25, -0.2) is 14.4 Å². The van der Waals surface area contributed by atoms with E-state index in [1.165, 1.54) is 70.3 Å². The highest BCUT2D eigenvalue weighted by atomic mass is 16.4. The smallest absolute Gasteiger partial charge is 0.354 e. The second kappa shape index (κ2) is 16.6. The van der Waals surface area contributed by atoms with Crippen LogP contribution in [0.4, 0.5) is 0 Å². The largest absolute Gasteiger partial charge is 0.477 e. The molecular formula is C42H64N6O5. The molecule has 8 aliphatic rings. The van der Waals surface area contributed by atoms with Crippen LogP contribution in [0.3, 0.4) is 0 Å². The highest BCUT2D eigenvalue weighted by Crippen LogP contribution is 2.62. The van der Waals surface area contributed by atoms with Gasteiger partial charge in [-0.15, -0.1) is 0 Å². The Morgan fingerprint density at radius 3 is 1.47 bits per heavy atom. The summed E-state index contributed by atoms with van der Waals surface area (Å²) < 4.78 is 0. The molecule has 10 rings (SSSR count). The topological polar surface area (TPSA) is 184 Å². The summed E-state index contributed by atoms with van der Waals surface area (Å²) in [7, 11) is 0. The van der Waals surface area contributed by atoms with Gasteiger partial charge in [-0.05, 0) is 180 Å². The van der Waals surface area contributed by atoms with E-state index in [-0.39, 0.29) is 17.3 Å². The normalized spacial score (nSPS) is 31.5. The van der Waals surface area contributed by atoms with Gasteiger partial charge >= 0.3 is 17.3 Å². The van der Waals surface area contributed by atoms with Crippen LogP contribution in [0.5, 0.6) is 0 Å². The molecule has 8 fully saturated rings. The first-order chi connectivity index (χ1) is 25.2. The quantitative estimate of drug-likeness (QED) is 0.173. The van der Waals surface area contributed by atoms with E-state index in [1.807, 2.05) is 13.8 Å². The Morgan fingerprint density at radius 2 is 1.09 bits per heavy atom. The van der Waals surface area contributed by atoms with Crippen molar-refractivity contribution in [1.29, 1.82) is 0 Å². The minimum Gasteiger partial charge on any atom is -0.477 e. The number of nitrogens with zero attached hydrogens (tertiary/aromatic N) is 2. The van der Waals surface area contributed by atoms with E-state index in [1.54, 1.807) is 25.3 Å². The maximum atomic E-state index is 12.5. The van der Waals surface area contributed by atoms with Crippen LogP contribution in [-0.4, -0.2) is 50.0 Å². The zero-order valence-electron chi connectivity index (χ0n) is 32.6. The summed E-state index contributed by atoms with van der Waals surface area (Å²) >= 11 is 0. The van der Waals surface area contributed by atoms with Crippen LogP contribution in [0, 0.1) is 58.2 Å². The van der Waals surface area contributed by atoms with Gasteiger partial charge in [0, 0.05) is 17.9 Å². The first kappa shape index (κ1) is 39.4. The average Bonchev–Trinajstić information content (AvgIpc) is 3.03. The molecule has 0 atom stereocenters. The number of hydrogen-bond donors (Lipinski definition) is 5. The third-order valence-electron chi connectivity index (χ3n) is 13.3. The molecule has 8 aliphatic carbocycles. The lowest BCUT2D eigenvalue weighted by Gasteiger charge is -2.57. The number of carbonyl (C=O) groups excluding carboxylic acids is 1. The molecule has 1 amide bonds. The Balaban J connectivity index is 0.000000150. The SMILES string of the molecule is CC(C)Cc1cc(C(=O)NCCC23CC4CC(CC(C4)C2)C3)nc(=O)[nH]1.CC(C)Cc1cc(C(=O)O)nc(=O)[nH]1.NCCC12CC3CC(CC(C3)C1)C2. The number of hydrogen-bond acceptors (Lipinski definition) is 7. The van der Waals surface area contributed by atoms with E-state index in [2.05, 4.69) is 39.1 Å². The van der Waals surface area contributed by atoms with Gasteiger partial charge in [-0.2, -0.15) is 9.97 Å². The van der Waals surface area contributed by atoms with Crippen molar-refractivity contribution >= 4 is 11.9 Å². The number of aromatic amines is 2. The number of carboxylic acid groups (broad SMARTS) is 1. The van der Waals surface area contributed by atoms with Crippen molar-refractivity contribution in [3.8, 4) is 0 Å². The monoisotopic (exact) mass is 732 g/mol. The number of carboxylic acids is 1. The highest BCUT2D eigenvalue weighted by molar-refractivity contribution is 5.92. The fourth-order valence-corrected chi connectivity index (χ4v) is 12.4. The highest BCUT2D eigenvalue weighted by Gasteiger charge is 2.51. The lowest BCUT2D eigenvalue weighted by Crippen LogP contribution is -2.47.